The Morgan fingerprint density at radius 1 is 0.909 bits per heavy atom. The topological polar surface area (TPSA) is 109 Å². The van der Waals surface area contributed by atoms with Gasteiger partial charge in [0.2, 0.25) is 0 Å². The predicted octanol–water partition coefficient (Wildman–Crippen LogP) is -0.407. The quantitative estimate of drug-likeness (QED) is 0.350. The molecule has 0 saturated carbocycles. The minimum absolute atomic E-state index is 0.206. The summed E-state index contributed by atoms with van der Waals surface area (Å²) in [4.78, 5) is 0. The first kappa shape index (κ1) is 12.4. The van der Waals surface area contributed by atoms with Gasteiger partial charge in [0.05, 0.1) is 0 Å². The van der Waals surface area contributed by atoms with Crippen LogP contribution in [-0.2, 0) is 18.3 Å². The van der Waals surface area contributed by atoms with E-state index in [2.05, 4.69) is 0 Å². The second-order valence-electron chi connectivity index (χ2n) is 1.11. The van der Waals surface area contributed by atoms with Crippen LogP contribution in [0, 0.1) is 0 Å². The summed E-state index contributed by atoms with van der Waals surface area (Å²) in [7, 11) is -7.87. The van der Waals surface area contributed by atoms with Crippen molar-refractivity contribution in [1.29, 1.82) is 0 Å². The number of hydrogen-bond acceptors (Lipinski definition) is 6. The van der Waals surface area contributed by atoms with Gasteiger partial charge in [0, 0.05) is 0 Å². The fraction of sp³-hybridized carbons (Fsp3) is 0. The Hall–Kier alpha value is 1.44. The summed E-state index contributed by atoms with van der Waals surface area (Å²) in [6.07, 6.45) is 0. The molecule has 0 aromatic carbocycles. The second-order valence-corrected chi connectivity index (χ2v) is 24.8. The van der Waals surface area contributed by atoms with E-state index in [0.29, 0.717) is 0 Å². The van der Waals surface area contributed by atoms with Gasteiger partial charge in [-0.1, -0.05) is 0 Å². The minimum atomic E-state index is -4.14. The van der Waals surface area contributed by atoms with Gasteiger partial charge >= 0.3 is 80.2 Å². The molecule has 0 bridgehead atoms. The van der Waals surface area contributed by atoms with E-state index in [-0.39, 0.29) is 14.7 Å². The monoisotopic (exact) mass is 434 g/mol. The van der Waals surface area contributed by atoms with Crippen LogP contribution in [0.15, 0.2) is 0 Å². The predicted molar refractivity (Wildman–Crippen MR) is 44.0 cm³/mol. The fourth-order valence-electron chi connectivity index (χ4n) is 0.0999. The van der Waals surface area contributed by atoms with Gasteiger partial charge in [-0.15, -0.1) is 0 Å². The van der Waals surface area contributed by atoms with Crippen LogP contribution in [0.1, 0.15) is 0 Å². The Labute approximate surface area is 79.3 Å². The van der Waals surface area contributed by atoms with Crippen molar-refractivity contribution in [2.75, 3.05) is 0 Å². The third-order valence-electron chi connectivity index (χ3n) is 0.279. The molecule has 0 aliphatic rings. The molecule has 0 unspecified atom stereocenters. The molecule has 0 aromatic heterocycles. The first-order valence-electron chi connectivity index (χ1n) is 1.77. The van der Waals surface area contributed by atoms with Crippen molar-refractivity contribution in [3.05, 3.63) is 0 Å². The zero-order chi connectivity index (χ0) is 9.12. The van der Waals surface area contributed by atoms with Gasteiger partial charge in [0.1, 0.15) is 0 Å². The summed E-state index contributed by atoms with van der Waals surface area (Å²) in [6, 6.07) is 0. The van der Waals surface area contributed by atoms with Crippen molar-refractivity contribution in [1.82, 2.24) is 0 Å². The van der Waals surface area contributed by atoms with Crippen molar-refractivity contribution in [3.8, 4) is 0 Å². The van der Waals surface area contributed by atoms with Crippen LogP contribution in [-0.4, -0.2) is 47.2 Å². The van der Waals surface area contributed by atoms with Crippen molar-refractivity contribution in [2.24, 2.45) is 0 Å². The molecule has 11 heavy (non-hydrogen) atoms. The Morgan fingerprint density at radius 3 is 1.36 bits per heavy atom. The third-order valence-corrected chi connectivity index (χ3v) is 32.8. The van der Waals surface area contributed by atoms with Crippen LogP contribution in [0.25, 0.3) is 0 Å². The van der Waals surface area contributed by atoms with Crippen molar-refractivity contribution < 1.29 is 25.9 Å². The maximum absolute atomic E-state index is 9.99. The van der Waals surface area contributed by atoms with E-state index < -0.39 is 39.5 Å². The van der Waals surface area contributed by atoms with Crippen molar-refractivity contribution in [3.63, 3.8) is 0 Å². The molecule has 0 heterocycles. The van der Waals surface area contributed by atoms with Crippen LogP contribution in [0.2, 0.25) is 0 Å². The Morgan fingerprint density at radius 2 is 1.18 bits per heavy atom. The summed E-state index contributed by atoms with van der Waals surface area (Å²) < 4.78 is 56.2. The molecule has 0 aliphatic carbocycles. The van der Waals surface area contributed by atoms with Crippen LogP contribution >= 0.6 is 14.7 Å². The average Bonchev–Trinajstić information content (AvgIpc) is 1.55. The van der Waals surface area contributed by atoms with Crippen LogP contribution in [0.3, 0.4) is 0 Å². The van der Waals surface area contributed by atoms with Gasteiger partial charge in [0.25, 0.3) is 0 Å². The van der Waals surface area contributed by atoms with Gasteiger partial charge in [0.15, 0.2) is 0 Å². The van der Waals surface area contributed by atoms with Crippen LogP contribution < -0.4 is 0 Å². The summed E-state index contributed by atoms with van der Waals surface area (Å²) in [6.45, 7) is 0. The molecule has 2 radical (unpaired) electrons. The van der Waals surface area contributed by atoms with E-state index in [9.17, 15) is 16.8 Å². The molecule has 2 N–H and O–H groups in total. The molecule has 0 aromatic rings. The van der Waals surface area contributed by atoms with E-state index in [1.165, 1.54) is 0 Å². The Bertz CT molecular complexity index is 263. The SMILES string of the molecule is O=S(=O)(O)[S][Pb][S]S(=O)(=O)O. The third kappa shape index (κ3) is 11.4. The zero-order valence-corrected chi connectivity index (χ0v) is 11.8. The van der Waals surface area contributed by atoms with Crippen LogP contribution in [0.4, 0.5) is 0 Å². The molecule has 0 saturated heterocycles. The summed E-state index contributed by atoms with van der Waals surface area (Å²) >= 11 is -2.11. The molecule has 11 heteroatoms. The van der Waals surface area contributed by atoms with Crippen LogP contribution in [0.5, 0.6) is 0 Å². The normalized spacial score (nSPS) is 13.3. The second kappa shape index (κ2) is 4.61. The molecule has 0 rings (SSSR count). The Balaban J connectivity index is 3.79. The standard InChI is InChI=1S/2H2O3S2.Pb/c2*1-5(2,3)4;/h2*(H2,1,2,3,4);/q;;+2/p-2. The van der Waals surface area contributed by atoms with E-state index in [1.807, 2.05) is 0 Å². The van der Waals surface area contributed by atoms with Gasteiger partial charge in [-0.05, 0) is 0 Å². The molecular weight excluding hydrogens is 431 g/mol. The first-order valence-corrected chi connectivity index (χ1v) is 16.8. The molecule has 66 valence electrons. The molecule has 0 atom stereocenters. The average molecular weight is 433 g/mol. The van der Waals surface area contributed by atoms with E-state index >= 15 is 0 Å². The molecule has 6 nitrogen and oxygen atoms in total. The first-order chi connectivity index (χ1) is 4.71. The Kier molecular flexibility index (Phi) is 5.22. The molecule has 0 spiro atoms. The molecule has 0 aliphatic heterocycles. The van der Waals surface area contributed by atoms with E-state index in [4.69, 9.17) is 9.11 Å². The van der Waals surface area contributed by atoms with Crippen molar-refractivity contribution >= 4 is 54.2 Å². The van der Waals surface area contributed by atoms with Gasteiger partial charge in [-0.2, -0.15) is 0 Å². The summed E-state index contributed by atoms with van der Waals surface area (Å²) in [5.74, 6) is 0. The fourth-order valence-corrected chi connectivity index (χ4v) is 30.2. The summed E-state index contributed by atoms with van der Waals surface area (Å²) in [5, 5.41) is 0. The van der Waals surface area contributed by atoms with E-state index in [0.717, 1.165) is 0 Å². The number of rotatable bonds is 4. The summed E-state index contributed by atoms with van der Waals surface area (Å²) in [5.41, 5.74) is 0. The molecule has 0 fully saturated rings. The van der Waals surface area contributed by atoms with Crippen molar-refractivity contribution in [2.45, 2.75) is 0 Å². The molecular formula is H2O6PbS4. The van der Waals surface area contributed by atoms with Gasteiger partial charge in [-0.25, -0.2) is 0 Å². The maximum atomic E-state index is 9.99. The zero-order valence-electron chi connectivity index (χ0n) is 4.66. The van der Waals surface area contributed by atoms with Gasteiger partial charge < -0.3 is 0 Å². The van der Waals surface area contributed by atoms with E-state index in [1.54, 1.807) is 0 Å². The van der Waals surface area contributed by atoms with Gasteiger partial charge in [-0.3, -0.25) is 0 Å². The molecule has 0 amide bonds. The number of hydrogen-bond donors (Lipinski definition) is 2.